The SMILES string of the molecule is CC(=O)Nc1ccc(/C=C/c2ncn(C(c3ccccc3)(c3ccccc3)c3ccccc3)c2C)cc1[N+](=O)[O-]. The topological polar surface area (TPSA) is 90.1 Å². The minimum Gasteiger partial charge on any atom is -0.321 e. The van der Waals surface area contributed by atoms with Gasteiger partial charge in [-0.1, -0.05) is 103 Å². The van der Waals surface area contributed by atoms with Gasteiger partial charge in [0.25, 0.3) is 5.69 Å². The van der Waals surface area contributed by atoms with Crippen molar-refractivity contribution in [2.75, 3.05) is 5.32 Å². The fraction of sp³-hybridized carbons (Fsp3) is 0.0909. The number of hydrogen-bond donors (Lipinski definition) is 1. The van der Waals surface area contributed by atoms with Crippen LogP contribution < -0.4 is 5.32 Å². The van der Waals surface area contributed by atoms with E-state index in [1.54, 1.807) is 12.1 Å². The molecule has 5 rings (SSSR count). The van der Waals surface area contributed by atoms with Crippen LogP contribution in [0, 0.1) is 17.0 Å². The Morgan fingerprint density at radius 3 is 1.85 bits per heavy atom. The molecule has 1 aromatic heterocycles. The van der Waals surface area contributed by atoms with E-state index in [0.29, 0.717) is 5.56 Å². The number of imidazole rings is 1. The molecular formula is C33H28N4O3. The molecule has 0 fully saturated rings. The third kappa shape index (κ3) is 4.92. The number of carbonyl (C=O) groups excluding carboxylic acids is 1. The van der Waals surface area contributed by atoms with Crippen LogP contribution in [-0.4, -0.2) is 20.4 Å². The largest absolute Gasteiger partial charge is 0.321 e. The van der Waals surface area contributed by atoms with Gasteiger partial charge in [0.2, 0.25) is 5.91 Å². The maximum Gasteiger partial charge on any atom is 0.293 e. The molecule has 4 aromatic carbocycles. The number of nitro groups is 1. The number of nitro benzene ring substituents is 1. The lowest BCUT2D eigenvalue weighted by molar-refractivity contribution is -0.383. The lowest BCUT2D eigenvalue weighted by atomic mass is 9.76. The first-order valence-electron chi connectivity index (χ1n) is 12.9. The molecule has 198 valence electrons. The minimum atomic E-state index is -0.689. The third-order valence-corrected chi connectivity index (χ3v) is 6.94. The second kappa shape index (κ2) is 11.2. The average molecular weight is 529 g/mol. The van der Waals surface area contributed by atoms with E-state index in [9.17, 15) is 14.9 Å². The molecule has 7 nitrogen and oxygen atoms in total. The summed E-state index contributed by atoms with van der Waals surface area (Å²) in [5.41, 5.74) is 4.86. The number of hydrogen-bond acceptors (Lipinski definition) is 4. The van der Waals surface area contributed by atoms with Gasteiger partial charge in [-0.05, 0) is 41.3 Å². The molecule has 0 aliphatic carbocycles. The smallest absolute Gasteiger partial charge is 0.293 e. The van der Waals surface area contributed by atoms with E-state index in [1.807, 2.05) is 73.9 Å². The van der Waals surface area contributed by atoms with E-state index in [4.69, 9.17) is 4.98 Å². The Kier molecular flexibility index (Phi) is 7.37. The van der Waals surface area contributed by atoms with Crippen LogP contribution in [0.1, 0.15) is 40.6 Å². The molecule has 0 radical (unpaired) electrons. The number of aromatic nitrogens is 2. The van der Waals surface area contributed by atoms with Crippen LogP contribution in [0.3, 0.4) is 0 Å². The lowest BCUT2D eigenvalue weighted by Crippen LogP contribution is -2.38. The van der Waals surface area contributed by atoms with Gasteiger partial charge in [0.1, 0.15) is 11.2 Å². The molecule has 0 aliphatic rings. The predicted molar refractivity (Wildman–Crippen MR) is 158 cm³/mol. The molecular weight excluding hydrogens is 500 g/mol. The van der Waals surface area contributed by atoms with Crippen LogP contribution >= 0.6 is 0 Å². The van der Waals surface area contributed by atoms with Gasteiger partial charge in [-0.25, -0.2) is 4.98 Å². The zero-order valence-corrected chi connectivity index (χ0v) is 22.2. The molecule has 7 heteroatoms. The minimum absolute atomic E-state index is 0.161. The molecule has 0 unspecified atom stereocenters. The van der Waals surface area contributed by atoms with Crippen molar-refractivity contribution in [3.63, 3.8) is 0 Å². The van der Waals surface area contributed by atoms with E-state index < -0.39 is 10.5 Å². The lowest BCUT2D eigenvalue weighted by Gasteiger charge is -2.38. The number of nitrogens with one attached hydrogen (secondary N) is 1. The molecule has 1 amide bonds. The Labute approximate surface area is 232 Å². The molecule has 0 aliphatic heterocycles. The van der Waals surface area contributed by atoms with Crippen molar-refractivity contribution in [2.45, 2.75) is 19.4 Å². The van der Waals surface area contributed by atoms with Gasteiger partial charge in [0.15, 0.2) is 0 Å². The number of amides is 1. The zero-order valence-electron chi connectivity index (χ0n) is 22.2. The maximum absolute atomic E-state index is 11.6. The summed E-state index contributed by atoms with van der Waals surface area (Å²) < 4.78 is 2.19. The number of carbonyl (C=O) groups is 1. The van der Waals surface area contributed by atoms with Crippen molar-refractivity contribution in [3.05, 3.63) is 159 Å². The van der Waals surface area contributed by atoms with E-state index in [2.05, 4.69) is 46.3 Å². The van der Waals surface area contributed by atoms with Gasteiger partial charge < -0.3 is 9.88 Å². The molecule has 1 N–H and O–H groups in total. The van der Waals surface area contributed by atoms with Crippen LogP contribution in [-0.2, 0) is 10.3 Å². The Morgan fingerprint density at radius 1 is 0.850 bits per heavy atom. The van der Waals surface area contributed by atoms with E-state index in [1.165, 1.54) is 19.1 Å². The van der Waals surface area contributed by atoms with Crippen molar-refractivity contribution in [3.8, 4) is 0 Å². The molecule has 5 aromatic rings. The predicted octanol–water partition coefficient (Wildman–Crippen LogP) is 7.07. The molecule has 1 heterocycles. The standard InChI is InChI=1S/C33H28N4O3/c1-24-30(20-18-26-19-21-31(35-25(2)38)32(22-26)37(39)40)34-23-36(24)33(27-12-6-3-7-13-27,28-14-8-4-9-15-28)29-16-10-5-11-17-29/h3-23H,1-2H3,(H,35,38)/b20-18+. The Balaban J connectivity index is 1.64. The van der Waals surface area contributed by atoms with Gasteiger partial charge in [-0.3, -0.25) is 14.9 Å². The summed E-state index contributed by atoms with van der Waals surface area (Å²) in [5.74, 6) is -0.369. The Morgan fingerprint density at radius 2 is 1.38 bits per heavy atom. The highest BCUT2D eigenvalue weighted by Gasteiger charge is 2.39. The Bertz CT molecular complexity index is 1580. The fourth-order valence-electron chi connectivity index (χ4n) is 5.15. The number of benzene rings is 4. The summed E-state index contributed by atoms with van der Waals surface area (Å²) in [6.45, 7) is 3.34. The van der Waals surface area contributed by atoms with E-state index in [0.717, 1.165) is 28.1 Å². The first kappa shape index (κ1) is 26.3. The number of nitrogens with zero attached hydrogens (tertiary/aromatic N) is 3. The van der Waals surface area contributed by atoms with Crippen LogP contribution in [0.25, 0.3) is 12.2 Å². The van der Waals surface area contributed by atoms with Crippen molar-refractivity contribution < 1.29 is 9.72 Å². The molecule has 0 bridgehead atoms. The summed E-state index contributed by atoms with van der Waals surface area (Å²) in [5, 5.41) is 14.1. The fourth-order valence-corrected chi connectivity index (χ4v) is 5.15. The van der Waals surface area contributed by atoms with Crippen LogP contribution in [0.5, 0.6) is 0 Å². The van der Waals surface area contributed by atoms with Gasteiger partial charge in [-0.2, -0.15) is 0 Å². The summed E-state index contributed by atoms with van der Waals surface area (Å²) in [6.07, 6.45) is 5.50. The highest BCUT2D eigenvalue weighted by molar-refractivity contribution is 5.91. The van der Waals surface area contributed by atoms with Gasteiger partial charge >= 0.3 is 0 Å². The van der Waals surface area contributed by atoms with Crippen molar-refractivity contribution in [2.24, 2.45) is 0 Å². The summed E-state index contributed by atoms with van der Waals surface area (Å²) >= 11 is 0. The van der Waals surface area contributed by atoms with Gasteiger partial charge in [0, 0.05) is 18.7 Å². The van der Waals surface area contributed by atoms with Crippen LogP contribution in [0.4, 0.5) is 11.4 Å². The van der Waals surface area contributed by atoms with Gasteiger partial charge in [-0.15, -0.1) is 0 Å². The number of anilines is 1. The molecule has 40 heavy (non-hydrogen) atoms. The summed E-state index contributed by atoms with van der Waals surface area (Å²) in [6, 6.07) is 35.8. The van der Waals surface area contributed by atoms with E-state index in [-0.39, 0.29) is 17.3 Å². The molecule has 0 spiro atoms. The summed E-state index contributed by atoms with van der Waals surface area (Å²) in [4.78, 5) is 27.3. The molecule has 0 atom stereocenters. The first-order chi connectivity index (χ1) is 19.4. The maximum atomic E-state index is 11.6. The Hall–Kier alpha value is -5.30. The molecule has 0 saturated heterocycles. The highest BCUT2D eigenvalue weighted by Crippen LogP contribution is 2.42. The van der Waals surface area contributed by atoms with E-state index >= 15 is 0 Å². The summed E-state index contributed by atoms with van der Waals surface area (Å²) in [7, 11) is 0. The normalized spacial score (nSPS) is 11.4. The van der Waals surface area contributed by atoms with Gasteiger partial charge in [0.05, 0.1) is 16.9 Å². The first-order valence-corrected chi connectivity index (χ1v) is 12.9. The third-order valence-electron chi connectivity index (χ3n) is 6.94. The zero-order chi connectivity index (χ0) is 28.1. The quantitative estimate of drug-likeness (QED) is 0.133. The second-order valence-corrected chi connectivity index (χ2v) is 9.44. The van der Waals surface area contributed by atoms with Crippen molar-refractivity contribution in [1.82, 2.24) is 9.55 Å². The highest BCUT2D eigenvalue weighted by atomic mass is 16.6. The number of rotatable bonds is 8. The average Bonchev–Trinajstić information content (AvgIpc) is 3.34. The van der Waals surface area contributed by atoms with Crippen LogP contribution in [0.2, 0.25) is 0 Å². The second-order valence-electron chi connectivity index (χ2n) is 9.44. The van der Waals surface area contributed by atoms with Crippen molar-refractivity contribution in [1.29, 1.82) is 0 Å². The van der Waals surface area contributed by atoms with Crippen molar-refractivity contribution >= 4 is 29.4 Å². The molecule has 0 saturated carbocycles. The monoisotopic (exact) mass is 528 g/mol. The van der Waals surface area contributed by atoms with Crippen LogP contribution in [0.15, 0.2) is 116 Å².